The second kappa shape index (κ2) is 5.26. The molecule has 0 aliphatic rings. The molecule has 1 heterocycles. The number of aryl methyl sites for hydroxylation is 2. The summed E-state index contributed by atoms with van der Waals surface area (Å²) >= 11 is 0. The number of imidazole rings is 1. The molecule has 0 spiro atoms. The maximum Gasteiger partial charge on any atom is 0.144 e. The highest BCUT2D eigenvalue weighted by molar-refractivity contribution is 5.62. The molecule has 3 rings (SSSR count). The van der Waals surface area contributed by atoms with Gasteiger partial charge in [-0.05, 0) is 37.0 Å². The molecule has 102 valence electrons. The highest BCUT2D eigenvalue weighted by Gasteiger charge is 2.11. The molecule has 2 aromatic carbocycles. The van der Waals surface area contributed by atoms with Gasteiger partial charge in [-0.3, -0.25) is 4.57 Å². The third-order valence-electron chi connectivity index (χ3n) is 3.04. The van der Waals surface area contributed by atoms with Crippen LogP contribution in [0.3, 0.4) is 0 Å². The van der Waals surface area contributed by atoms with Gasteiger partial charge in [0, 0.05) is 26.1 Å². The fourth-order valence-electron chi connectivity index (χ4n) is 2.10. The van der Waals surface area contributed by atoms with Gasteiger partial charge >= 0.3 is 0 Å². The Morgan fingerprint density at radius 1 is 1.19 bits per heavy atom. The molecular formula is C18H15N3. The first-order valence-corrected chi connectivity index (χ1v) is 6.16. The average molecular weight is 281 g/mol. The number of nitrogens with zero attached hydrogens (tertiary/aromatic N) is 3. The molecule has 0 amide bonds. The fraction of sp³-hybridized carbons (Fsp3) is 0.111. The van der Waals surface area contributed by atoms with Gasteiger partial charge in [-0.2, -0.15) is 5.26 Å². The van der Waals surface area contributed by atoms with Crippen molar-refractivity contribution in [2.45, 2.75) is 13.7 Å². The first kappa shape index (κ1) is 6.73. The van der Waals surface area contributed by atoms with Crippen molar-refractivity contribution >= 4 is 0 Å². The third-order valence-corrected chi connectivity index (χ3v) is 3.04. The minimum atomic E-state index is -2.67. The molecular weight excluding hydrogens is 258 g/mol. The number of benzene rings is 2. The molecule has 0 atom stereocenters. The summed E-state index contributed by atoms with van der Waals surface area (Å²) in [4.78, 5) is 4.04. The zero-order valence-corrected chi connectivity index (χ0v) is 10.9. The number of nitriles is 1. The number of aromatic nitrogens is 2. The Balaban J connectivity index is 2.46. The minimum Gasteiger partial charge on any atom is -0.299 e. The SMILES string of the molecule is [2H]c1nc(-c2cccc(C#N)c2)n(-c2c(C([2H])([2H])[2H])cccc2C([2H])([2H])[2H])c1[2H]. The van der Waals surface area contributed by atoms with Gasteiger partial charge in [-0.1, -0.05) is 30.3 Å². The van der Waals surface area contributed by atoms with Crippen molar-refractivity contribution in [3.05, 3.63) is 71.5 Å². The van der Waals surface area contributed by atoms with Crippen LogP contribution in [0.15, 0.2) is 54.8 Å². The molecule has 1 aromatic heterocycles. The molecule has 0 aliphatic heterocycles. The monoisotopic (exact) mass is 281 g/mol. The number of hydrogen-bond donors (Lipinski definition) is 0. The third kappa shape index (κ3) is 2.32. The van der Waals surface area contributed by atoms with Crippen LogP contribution in [0.5, 0.6) is 0 Å². The smallest absolute Gasteiger partial charge is 0.144 e. The summed E-state index contributed by atoms with van der Waals surface area (Å²) in [5.41, 5.74) is -0.103. The summed E-state index contributed by atoms with van der Waals surface area (Å²) in [5, 5.41) is 9.16. The van der Waals surface area contributed by atoms with E-state index in [2.05, 4.69) is 4.98 Å². The van der Waals surface area contributed by atoms with E-state index in [-0.39, 0.29) is 22.6 Å². The van der Waals surface area contributed by atoms with Gasteiger partial charge < -0.3 is 0 Å². The molecule has 0 aliphatic carbocycles. The Labute approximate surface area is 135 Å². The van der Waals surface area contributed by atoms with E-state index in [9.17, 15) is 0 Å². The Bertz CT molecular complexity index is 1090. The molecule has 0 bridgehead atoms. The van der Waals surface area contributed by atoms with Crippen LogP contribution in [-0.2, 0) is 0 Å². The van der Waals surface area contributed by atoms with Crippen molar-refractivity contribution in [3.63, 3.8) is 0 Å². The molecule has 0 radical (unpaired) electrons. The zero-order valence-electron chi connectivity index (χ0n) is 18.9. The van der Waals surface area contributed by atoms with Gasteiger partial charge in [0.05, 0.1) is 20.1 Å². The first-order valence-electron chi connectivity index (χ1n) is 10.2. The summed E-state index contributed by atoms with van der Waals surface area (Å²) in [5.74, 6) is 0.0132. The van der Waals surface area contributed by atoms with E-state index < -0.39 is 26.0 Å². The normalized spacial score (nSPS) is 17.1. The number of hydrogen-bond acceptors (Lipinski definition) is 2. The molecule has 0 saturated heterocycles. The lowest BCUT2D eigenvalue weighted by Crippen LogP contribution is -2.01. The van der Waals surface area contributed by atoms with E-state index in [0.29, 0.717) is 11.1 Å². The van der Waals surface area contributed by atoms with Crippen molar-refractivity contribution in [1.82, 2.24) is 9.55 Å². The zero-order chi connectivity index (χ0) is 21.6. The topological polar surface area (TPSA) is 41.6 Å². The van der Waals surface area contributed by atoms with Crippen LogP contribution in [0.2, 0.25) is 0 Å². The van der Waals surface area contributed by atoms with Crippen molar-refractivity contribution < 1.29 is 11.0 Å². The van der Waals surface area contributed by atoms with Crippen LogP contribution < -0.4 is 0 Å². The highest BCUT2D eigenvalue weighted by atomic mass is 15.1. The Kier molecular flexibility index (Phi) is 1.69. The second-order valence-corrected chi connectivity index (χ2v) is 4.39. The lowest BCUT2D eigenvalue weighted by atomic mass is 10.1. The number of para-hydroxylation sites is 1. The molecule has 0 saturated carbocycles. The van der Waals surface area contributed by atoms with E-state index in [0.717, 1.165) is 4.57 Å². The summed E-state index contributed by atoms with van der Waals surface area (Å²) in [6.45, 7) is -5.33. The molecule has 21 heavy (non-hydrogen) atoms. The van der Waals surface area contributed by atoms with Crippen LogP contribution in [0.25, 0.3) is 17.1 Å². The van der Waals surface area contributed by atoms with Crippen molar-refractivity contribution in [3.8, 4) is 23.1 Å². The Morgan fingerprint density at radius 3 is 2.67 bits per heavy atom. The first-order chi connectivity index (χ1) is 13.4. The Morgan fingerprint density at radius 2 is 1.95 bits per heavy atom. The molecule has 3 aromatic rings. The van der Waals surface area contributed by atoms with E-state index in [4.69, 9.17) is 16.2 Å². The molecule has 3 nitrogen and oxygen atoms in total. The summed E-state index contributed by atoms with van der Waals surface area (Å²) in [6, 6.07) is 12.1. The fourth-order valence-corrected chi connectivity index (χ4v) is 2.10. The van der Waals surface area contributed by atoms with E-state index in [1.165, 1.54) is 24.3 Å². The standard InChI is InChI=1S/C18H15N3/c1-13-5-3-6-14(2)17(13)21-10-9-20-18(21)16-8-4-7-15(11-16)12-19/h3-11H,1-2H3/i1D3,2D3,9D,10D. The van der Waals surface area contributed by atoms with Crippen molar-refractivity contribution in [1.29, 1.82) is 5.26 Å². The van der Waals surface area contributed by atoms with Crippen molar-refractivity contribution in [2.24, 2.45) is 0 Å². The molecule has 0 fully saturated rings. The van der Waals surface area contributed by atoms with E-state index in [1.54, 1.807) is 18.2 Å². The van der Waals surface area contributed by atoms with Gasteiger partial charge in [0.15, 0.2) is 0 Å². The van der Waals surface area contributed by atoms with E-state index in [1.807, 2.05) is 6.07 Å². The van der Waals surface area contributed by atoms with Crippen molar-refractivity contribution in [2.75, 3.05) is 0 Å². The largest absolute Gasteiger partial charge is 0.299 e. The van der Waals surface area contributed by atoms with Crippen LogP contribution in [0.1, 0.15) is 27.7 Å². The van der Waals surface area contributed by atoms with Crippen LogP contribution in [0.4, 0.5) is 0 Å². The molecule has 0 N–H and O–H groups in total. The van der Waals surface area contributed by atoms with Crippen LogP contribution in [0, 0.1) is 25.0 Å². The predicted octanol–water partition coefficient (Wildman–Crippen LogP) is 4.03. The highest BCUT2D eigenvalue weighted by Crippen LogP contribution is 2.26. The maximum absolute atomic E-state index is 9.16. The molecule has 0 unspecified atom stereocenters. The summed E-state index contributed by atoms with van der Waals surface area (Å²) in [7, 11) is 0. The van der Waals surface area contributed by atoms with Gasteiger partial charge in [0.25, 0.3) is 0 Å². The van der Waals surface area contributed by atoms with Gasteiger partial charge in [-0.15, -0.1) is 0 Å². The van der Waals surface area contributed by atoms with Crippen LogP contribution >= 0.6 is 0 Å². The Hall–Kier alpha value is -2.86. The van der Waals surface area contributed by atoms with E-state index >= 15 is 0 Å². The molecule has 3 heteroatoms. The number of rotatable bonds is 2. The maximum atomic E-state index is 9.16. The second-order valence-electron chi connectivity index (χ2n) is 4.39. The lowest BCUT2D eigenvalue weighted by Gasteiger charge is -2.14. The lowest BCUT2D eigenvalue weighted by molar-refractivity contribution is 1.03. The minimum absolute atomic E-state index is 0.0132. The predicted molar refractivity (Wildman–Crippen MR) is 83.2 cm³/mol. The van der Waals surface area contributed by atoms with Gasteiger partial charge in [-0.25, -0.2) is 4.98 Å². The summed E-state index contributed by atoms with van der Waals surface area (Å²) < 4.78 is 64.4. The van der Waals surface area contributed by atoms with Crippen LogP contribution in [-0.4, -0.2) is 9.55 Å². The van der Waals surface area contributed by atoms with Gasteiger partial charge in [0.1, 0.15) is 5.82 Å². The van der Waals surface area contributed by atoms with Gasteiger partial charge in [0.2, 0.25) is 0 Å². The average Bonchev–Trinajstić information content (AvgIpc) is 2.94. The summed E-state index contributed by atoms with van der Waals surface area (Å²) in [6.07, 6.45) is -0.899. The quantitative estimate of drug-likeness (QED) is 0.711.